The number of carbonyl (C=O) groups is 1. The molecule has 3 aromatic rings. The molecule has 0 saturated carbocycles. The lowest BCUT2D eigenvalue weighted by molar-refractivity contribution is 0.0705. The van der Waals surface area contributed by atoms with E-state index in [0.717, 1.165) is 36.2 Å². The van der Waals surface area contributed by atoms with E-state index >= 15 is 0 Å². The Morgan fingerprint density at radius 1 is 1.20 bits per heavy atom. The summed E-state index contributed by atoms with van der Waals surface area (Å²) in [6.45, 7) is 1.37. The van der Waals surface area contributed by atoms with E-state index in [2.05, 4.69) is 4.98 Å². The maximum atomic E-state index is 12.8. The number of nitrogens with zero attached hydrogens (tertiary/aromatic N) is 2. The minimum absolute atomic E-state index is 0.0533. The van der Waals surface area contributed by atoms with Crippen LogP contribution in [0.15, 0.2) is 42.5 Å². The molecule has 1 N–H and O–H groups in total. The first-order valence-electron chi connectivity index (χ1n) is 8.31. The van der Waals surface area contributed by atoms with Gasteiger partial charge in [0.25, 0.3) is 5.91 Å². The number of benzene rings is 2. The van der Waals surface area contributed by atoms with Gasteiger partial charge in [-0.1, -0.05) is 35.3 Å². The van der Waals surface area contributed by atoms with E-state index in [0.29, 0.717) is 22.2 Å². The molecule has 1 aliphatic heterocycles. The van der Waals surface area contributed by atoms with Crippen LogP contribution in [0.25, 0.3) is 11.0 Å². The normalized spacial score (nSPS) is 17.8. The molecular formula is C19H17Cl2N3O. The second-order valence-electron chi connectivity index (χ2n) is 6.35. The van der Waals surface area contributed by atoms with Gasteiger partial charge in [-0.25, -0.2) is 4.98 Å². The van der Waals surface area contributed by atoms with E-state index in [4.69, 9.17) is 28.2 Å². The Labute approximate surface area is 155 Å². The van der Waals surface area contributed by atoms with E-state index in [1.54, 1.807) is 18.2 Å². The molecule has 1 aliphatic rings. The van der Waals surface area contributed by atoms with Gasteiger partial charge in [0.05, 0.1) is 21.6 Å². The van der Waals surface area contributed by atoms with Crippen molar-refractivity contribution in [3.8, 4) is 0 Å². The first-order chi connectivity index (χ1) is 12.1. The number of nitrogens with one attached hydrogen (secondary N) is 1. The summed E-state index contributed by atoms with van der Waals surface area (Å²) in [6, 6.07) is 13.0. The standard InChI is InChI=1S/C19H17Cl2N3O/c20-13-7-8-14(15(21)10-13)19(25)24-9-3-4-12(11-24)18-22-16-5-1-2-6-17(16)23-18/h1-2,5-8,10,12H,3-4,9,11H2,(H,22,23). The summed E-state index contributed by atoms with van der Waals surface area (Å²) < 4.78 is 0. The molecule has 4 nitrogen and oxygen atoms in total. The number of likely N-dealkylation sites (tertiary alicyclic amines) is 1. The molecule has 0 radical (unpaired) electrons. The summed E-state index contributed by atoms with van der Waals surface area (Å²) in [6.07, 6.45) is 1.95. The second kappa shape index (κ2) is 6.70. The number of rotatable bonds is 2. The first-order valence-corrected chi connectivity index (χ1v) is 9.06. The van der Waals surface area contributed by atoms with Crippen LogP contribution in [-0.2, 0) is 0 Å². The van der Waals surface area contributed by atoms with Gasteiger partial charge in [0.2, 0.25) is 0 Å². The van der Waals surface area contributed by atoms with Crippen molar-refractivity contribution in [2.75, 3.05) is 13.1 Å². The summed E-state index contributed by atoms with van der Waals surface area (Å²) in [5.74, 6) is 1.10. The number of halogens is 2. The fourth-order valence-corrected chi connectivity index (χ4v) is 3.87. The Balaban J connectivity index is 1.57. The van der Waals surface area contributed by atoms with Gasteiger partial charge in [0, 0.05) is 24.0 Å². The minimum Gasteiger partial charge on any atom is -0.342 e. The van der Waals surface area contributed by atoms with Crippen LogP contribution < -0.4 is 0 Å². The lowest BCUT2D eigenvalue weighted by Crippen LogP contribution is -2.39. The van der Waals surface area contributed by atoms with E-state index in [-0.39, 0.29) is 11.8 Å². The number of H-pyrrole nitrogens is 1. The number of carbonyl (C=O) groups excluding carboxylic acids is 1. The van der Waals surface area contributed by atoms with Gasteiger partial charge in [-0.3, -0.25) is 4.79 Å². The van der Waals surface area contributed by atoms with Gasteiger partial charge in [-0.15, -0.1) is 0 Å². The lowest BCUT2D eigenvalue weighted by Gasteiger charge is -2.32. The van der Waals surface area contributed by atoms with Crippen molar-refractivity contribution in [1.82, 2.24) is 14.9 Å². The highest BCUT2D eigenvalue weighted by Gasteiger charge is 2.28. The van der Waals surface area contributed by atoms with Crippen LogP contribution in [0.5, 0.6) is 0 Å². The van der Waals surface area contributed by atoms with E-state index in [1.165, 1.54) is 0 Å². The first kappa shape index (κ1) is 16.4. The van der Waals surface area contributed by atoms with Gasteiger partial charge < -0.3 is 9.88 Å². The van der Waals surface area contributed by atoms with Crippen molar-refractivity contribution in [3.05, 3.63) is 63.9 Å². The molecule has 6 heteroatoms. The predicted molar refractivity (Wildman–Crippen MR) is 100 cm³/mol. The molecule has 0 bridgehead atoms. The predicted octanol–water partition coefficient (Wildman–Crippen LogP) is 4.89. The number of imidazole rings is 1. The number of fused-ring (bicyclic) bond motifs is 1. The van der Waals surface area contributed by atoms with Gasteiger partial charge in [0.1, 0.15) is 5.82 Å². The van der Waals surface area contributed by atoms with Crippen molar-refractivity contribution >= 4 is 40.1 Å². The number of aromatic amines is 1. The van der Waals surface area contributed by atoms with Crippen molar-refractivity contribution in [2.24, 2.45) is 0 Å². The lowest BCUT2D eigenvalue weighted by atomic mass is 9.96. The quantitative estimate of drug-likeness (QED) is 0.694. The van der Waals surface area contributed by atoms with Gasteiger partial charge >= 0.3 is 0 Å². The molecule has 1 amide bonds. The summed E-state index contributed by atoms with van der Waals surface area (Å²) in [5, 5.41) is 0.920. The summed E-state index contributed by atoms with van der Waals surface area (Å²) in [7, 11) is 0. The summed E-state index contributed by atoms with van der Waals surface area (Å²) >= 11 is 12.1. The number of hydrogen-bond donors (Lipinski definition) is 1. The molecule has 0 aliphatic carbocycles. The highest BCUT2D eigenvalue weighted by atomic mass is 35.5. The molecule has 128 valence electrons. The Bertz CT molecular complexity index is 904. The smallest absolute Gasteiger partial charge is 0.255 e. The van der Waals surface area contributed by atoms with E-state index in [9.17, 15) is 4.79 Å². The minimum atomic E-state index is -0.0533. The molecule has 25 heavy (non-hydrogen) atoms. The SMILES string of the molecule is O=C(c1ccc(Cl)cc1Cl)N1CCCC(c2nc3ccccc3[nH]2)C1. The third-order valence-electron chi connectivity index (χ3n) is 4.66. The molecule has 1 aromatic heterocycles. The molecule has 1 saturated heterocycles. The fourth-order valence-electron chi connectivity index (χ4n) is 3.38. The fraction of sp³-hybridized carbons (Fsp3) is 0.263. The summed E-state index contributed by atoms with van der Waals surface area (Å²) in [5.41, 5.74) is 2.49. The van der Waals surface area contributed by atoms with Gasteiger partial charge in [-0.05, 0) is 43.2 Å². The molecule has 1 fully saturated rings. The number of piperidine rings is 1. The van der Waals surface area contributed by atoms with E-state index < -0.39 is 0 Å². The van der Waals surface area contributed by atoms with Crippen LogP contribution in [0.1, 0.15) is 34.9 Å². The zero-order valence-electron chi connectivity index (χ0n) is 13.5. The molecule has 0 spiro atoms. The monoisotopic (exact) mass is 373 g/mol. The van der Waals surface area contributed by atoms with Crippen LogP contribution in [0.4, 0.5) is 0 Å². The average molecular weight is 374 g/mol. The number of aromatic nitrogens is 2. The van der Waals surface area contributed by atoms with Crippen LogP contribution in [-0.4, -0.2) is 33.9 Å². The van der Waals surface area contributed by atoms with Crippen LogP contribution in [0.3, 0.4) is 0 Å². The molecule has 1 atom stereocenters. The van der Waals surface area contributed by atoms with Crippen molar-refractivity contribution in [2.45, 2.75) is 18.8 Å². The molecule has 2 aromatic carbocycles. The van der Waals surface area contributed by atoms with Crippen molar-refractivity contribution in [1.29, 1.82) is 0 Å². The third kappa shape index (κ3) is 3.24. The van der Waals surface area contributed by atoms with Crippen LogP contribution in [0.2, 0.25) is 10.0 Å². The molecule has 2 heterocycles. The number of para-hydroxylation sites is 2. The van der Waals surface area contributed by atoms with Crippen molar-refractivity contribution in [3.63, 3.8) is 0 Å². The third-order valence-corrected chi connectivity index (χ3v) is 5.21. The topological polar surface area (TPSA) is 49.0 Å². The van der Waals surface area contributed by atoms with Crippen LogP contribution in [0, 0.1) is 0 Å². The highest BCUT2D eigenvalue weighted by molar-refractivity contribution is 6.36. The van der Waals surface area contributed by atoms with Crippen LogP contribution >= 0.6 is 23.2 Å². The zero-order chi connectivity index (χ0) is 17.4. The molecular weight excluding hydrogens is 357 g/mol. The maximum Gasteiger partial charge on any atom is 0.255 e. The van der Waals surface area contributed by atoms with Gasteiger partial charge in [0.15, 0.2) is 0 Å². The van der Waals surface area contributed by atoms with E-state index in [1.807, 2.05) is 29.2 Å². The largest absolute Gasteiger partial charge is 0.342 e. The molecule has 1 unspecified atom stereocenters. The maximum absolute atomic E-state index is 12.8. The second-order valence-corrected chi connectivity index (χ2v) is 7.20. The molecule has 4 rings (SSSR count). The Morgan fingerprint density at radius 2 is 2.04 bits per heavy atom. The zero-order valence-corrected chi connectivity index (χ0v) is 15.0. The van der Waals surface area contributed by atoms with Crippen molar-refractivity contribution < 1.29 is 4.79 Å². The Morgan fingerprint density at radius 3 is 2.84 bits per heavy atom. The highest BCUT2D eigenvalue weighted by Crippen LogP contribution is 2.29. The Kier molecular flexibility index (Phi) is 4.40. The summed E-state index contributed by atoms with van der Waals surface area (Å²) in [4.78, 5) is 22.8. The number of amides is 1. The Hall–Kier alpha value is -2.04. The number of hydrogen-bond acceptors (Lipinski definition) is 2. The average Bonchev–Trinajstić information content (AvgIpc) is 3.05. The van der Waals surface area contributed by atoms with Gasteiger partial charge in [-0.2, -0.15) is 0 Å².